The van der Waals surface area contributed by atoms with Gasteiger partial charge in [0.1, 0.15) is 11.9 Å². The maximum absolute atomic E-state index is 15.4. The number of hydrogen-bond donors (Lipinski definition) is 2. The van der Waals surface area contributed by atoms with Crippen LogP contribution in [-0.4, -0.2) is 121 Å². The Hall–Kier alpha value is -4.88. The molecule has 0 aliphatic carbocycles. The molecule has 0 spiro atoms. The number of carbonyl (C=O) groups excluding carboxylic acids is 3. The highest BCUT2D eigenvalue weighted by molar-refractivity contribution is 7.89. The molecule has 1 aromatic heterocycles. The van der Waals surface area contributed by atoms with Gasteiger partial charge in [0.25, 0.3) is 5.91 Å². The molecule has 0 bridgehead atoms. The topological polar surface area (TPSA) is 151 Å². The molecule has 1 unspecified atom stereocenters. The number of amides is 3. The van der Waals surface area contributed by atoms with E-state index < -0.39 is 45.4 Å². The van der Waals surface area contributed by atoms with E-state index in [0.29, 0.717) is 43.1 Å². The molecule has 1 atom stereocenters. The average Bonchev–Trinajstić information content (AvgIpc) is 3.52. The van der Waals surface area contributed by atoms with Crippen LogP contribution in [0.5, 0.6) is 0 Å². The summed E-state index contributed by atoms with van der Waals surface area (Å²) in [5.74, 6) is -1.20. The van der Waals surface area contributed by atoms with E-state index in [1.165, 1.54) is 15.3 Å². The molecule has 0 saturated carbocycles. The van der Waals surface area contributed by atoms with Crippen LogP contribution in [-0.2, 0) is 32.3 Å². The van der Waals surface area contributed by atoms with Gasteiger partial charge < -0.3 is 20.0 Å². The Morgan fingerprint density at radius 2 is 1.55 bits per heavy atom. The van der Waals surface area contributed by atoms with E-state index in [0.717, 1.165) is 63.6 Å². The summed E-state index contributed by atoms with van der Waals surface area (Å²) < 4.78 is 82.8. The van der Waals surface area contributed by atoms with Gasteiger partial charge in [-0.3, -0.25) is 24.6 Å². The Morgan fingerprint density at radius 3 is 2.22 bits per heavy atom. The van der Waals surface area contributed by atoms with Crippen molar-refractivity contribution in [2.75, 3.05) is 74.0 Å². The molecule has 4 fully saturated rings. The number of nitrogens with zero attached hydrogens (tertiary/aromatic N) is 7. The molecule has 5 aliphatic rings. The normalized spacial score (nSPS) is 22.0. The molecule has 0 radical (unpaired) electrons. The highest BCUT2D eigenvalue weighted by Crippen LogP contribution is 2.34. The number of aromatic nitrogens is 2. The van der Waals surface area contributed by atoms with Crippen LogP contribution in [0.25, 0.3) is 0 Å². The number of piperidine rings is 3. The molecule has 19 heteroatoms. The van der Waals surface area contributed by atoms with Crippen LogP contribution in [0.4, 0.5) is 34.9 Å². The number of nitrogens with one attached hydrogen (secondary N) is 2. The standard InChI is InChI=1S/C39H45F4N9O5S/c40-32-20-31-26(24-52(37(31)55)33-4-5-35(53)47-36(33)54)18-34(32)50-16-14-48(15-17-50)23-25-6-10-49(11-7-25)29-2-1-3-30(19-29)58(56,57)51-12-8-28(9-13-51)46-38-44-21-27(22-45-38)39(41,42)43/h1-3,18-22,25,28,33H,4-17,23-24H2,(H,44,45,46)(H,47,53,54). The van der Waals surface area contributed by atoms with Gasteiger partial charge in [-0.25, -0.2) is 22.8 Å². The lowest BCUT2D eigenvalue weighted by Gasteiger charge is -2.40. The fraction of sp³-hybridized carbons (Fsp3) is 0.513. The van der Waals surface area contributed by atoms with Crippen molar-refractivity contribution in [1.29, 1.82) is 0 Å². The number of sulfonamides is 1. The molecule has 4 saturated heterocycles. The van der Waals surface area contributed by atoms with E-state index in [1.54, 1.807) is 24.3 Å². The van der Waals surface area contributed by atoms with Gasteiger partial charge in [0.15, 0.2) is 0 Å². The van der Waals surface area contributed by atoms with E-state index in [9.17, 15) is 36.0 Å². The van der Waals surface area contributed by atoms with Gasteiger partial charge in [-0.1, -0.05) is 6.07 Å². The minimum atomic E-state index is -4.53. The Morgan fingerprint density at radius 1 is 0.845 bits per heavy atom. The number of rotatable bonds is 9. The second kappa shape index (κ2) is 16.1. The first-order valence-electron chi connectivity index (χ1n) is 19.7. The van der Waals surface area contributed by atoms with Crippen molar-refractivity contribution < 1.29 is 40.4 Å². The molecule has 310 valence electrons. The van der Waals surface area contributed by atoms with E-state index in [-0.39, 0.29) is 60.8 Å². The third-order valence-electron chi connectivity index (χ3n) is 12.0. The Bertz CT molecular complexity index is 2150. The lowest BCUT2D eigenvalue weighted by molar-refractivity contribution is -0.138. The minimum absolute atomic E-state index is 0.0696. The second-order valence-corrected chi connectivity index (χ2v) is 17.6. The summed E-state index contributed by atoms with van der Waals surface area (Å²) in [6.45, 7) is 5.94. The molecule has 2 N–H and O–H groups in total. The quantitative estimate of drug-likeness (QED) is 0.240. The van der Waals surface area contributed by atoms with Gasteiger partial charge in [0, 0.05) is 102 Å². The van der Waals surface area contributed by atoms with Crippen molar-refractivity contribution in [3.63, 3.8) is 0 Å². The van der Waals surface area contributed by atoms with Crippen molar-refractivity contribution >= 4 is 45.1 Å². The molecular weight excluding hydrogens is 783 g/mol. The van der Waals surface area contributed by atoms with Crippen LogP contribution in [0.3, 0.4) is 0 Å². The molecule has 14 nitrogen and oxygen atoms in total. The van der Waals surface area contributed by atoms with Crippen LogP contribution in [0.2, 0.25) is 0 Å². The fourth-order valence-corrected chi connectivity index (χ4v) is 10.2. The number of imide groups is 1. The number of hydrogen-bond acceptors (Lipinski definition) is 11. The number of anilines is 3. The highest BCUT2D eigenvalue weighted by Gasteiger charge is 2.40. The van der Waals surface area contributed by atoms with E-state index in [1.807, 2.05) is 11.0 Å². The second-order valence-electron chi connectivity index (χ2n) is 15.7. The number of alkyl halides is 3. The monoisotopic (exact) mass is 827 g/mol. The van der Waals surface area contributed by atoms with Gasteiger partial charge in [-0.2, -0.15) is 17.5 Å². The van der Waals surface area contributed by atoms with E-state index >= 15 is 4.39 Å². The molecule has 3 amide bonds. The first kappa shape index (κ1) is 39.9. The minimum Gasteiger partial charge on any atom is -0.371 e. The predicted octanol–water partition coefficient (Wildman–Crippen LogP) is 3.70. The summed E-state index contributed by atoms with van der Waals surface area (Å²) in [6.07, 6.45) is 0.112. The summed E-state index contributed by atoms with van der Waals surface area (Å²) >= 11 is 0. The zero-order chi connectivity index (χ0) is 40.8. The smallest absolute Gasteiger partial charge is 0.371 e. The zero-order valence-corrected chi connectivity index (χ0v) is 32.6. The first-order chi connectivity index (χ1) is 27.7. The maximum Gasteiger partial charge on any atom is 0.419 e. The van der Waals surface area contributed by atoms with E-state index in [2.05, 4.69) is 30.4 Å². The van der Waals surface area contributed by atoms with Gasteiger partial charge in [-0.15, -0.1) is 0 Å². The van der Waals surface area contributed by atoms with Crippen LogP contribution in [0, 0.1) is 11.7 Å². The number of fused-ring (bicyclic) bond motifs is 1. The van der Waals surface area contributed by atoms with Crippen LogP contribution in [0.1, 0.15) is 60.0 Å². The lowest BCUT2D eigenvalue weighted by atomic mass is 9.95. The van der Waals surface area contributed by atoms with Crippen LogP contribution in [0.15, 0.2) is 53.7 Å². The summed E-state index contributed by atoms with van der Waals surface area (Å²) in [4.78, 5) is 53.0. The Balaban J connectivity index is 0.795. The van der Waals surface area contributed by atoms with Gasteiger partial charge >= 0.3 is 6.18 Å². The number of carbonyl (C=O) groups is 3. The van der Waals surface area contributed by atoms with Crippen LogP contribution >= 0.6 is 0 Å². The zero-order valence-electron chi connectivity index (χ0n) is 31.8. The maximum atomic E-state index is 15.4. The van der Waals surface area contributed by atoms with Gasteiger partial charge in [-0.05, 0) is 73.9 Å². The predicted molar refractivity (Wildman–Crippen MR) is 205 cm³/mol. The fourth-order valence-electron chi connectivity index (χ4n) is 8.69. The number of benzene rings is 2. The number of piperazine rings is 1. The summed E-state index contributed by atoms with van der Waals surface area (Å²) in [7, 11) is -3.77. The molecule has 58 heavy (non-hydrogen) atoms. The molecule has 6 heterocycles. The molecule has 8 rings (SSSR count). The molecule has 5 aliphatic heterocycles. The molecule has 2 aromatic carbocycles. The third kappa shape index (κ3) is 8.34. The summed E-state index contributed by atoms with van der Waals surface area (Å²) in [6, 6.07) is 9.10. The Labute approximate surface area is 333 Å². The van der Waals surface area contributed by atoms with Crippen molar-refractivity contribution in [2.45, 2.75) is 68.2 Å². The lowest BCUT2D eigenvalue weighted by Crippen LogP contribution is -2.52. The van der Waals surface area contributed by atoms with Crippen LogP contribution < -0.4 is 20.4 Å². The van der Waals surface area contributed by atoms with Crippen molar-refractivity contribution in [1.82, 2.24) is 29.4 Å². The largest absolute Gasteiger partial charge is 0.419 e. The molecular formula is C39H45F4N9O5S. The van der Waals surface area contributed by atoms with E-state index in [4.69, 9.17) is 0 Å². The molecule has 3 aromatic rings. The van der Waals surface area contributed by atoms with Gasteiger partial charge in [0.05, 0.1) is 16.1 Å². The summed E-state index contributed by atoms with van der Waals surface area (Å²) in [5, 5.41) is 5.31. The van der Waals surface area contributed by atoms with Crippen molar-refractivity contribution in [3.8, 4) is 0 Å². The Kier molecular flexibility index (Phi) is 11.0. The average molecular weight is 828 g/mol. The number of halogens is 4. The van der Waals surface area contributed by atoms with Crippen molar-refractivity contribution in [3.05, 3.63) is 71.3 Å². The van der Waals surface area contributed by atoms with Gasteiger partial charge in [0.2, 0.25) is 27.8 Å². The first-order valence-corrected chi connectivity index (χ1v) is 21.1. The third-order valence-corrected chi connectivity index (χ3v) is 13.9. The highest BCUT2D eigenvalue weighted by atomic mass is 32.2. The van der Waals surface area contributed by atoms with Crippen molar-refractivity contribution in [2.24, 2.45) is 5.92 Å². The SMILES string of the molecule is O=C1CCC(N2Cc3cc(N4CCN(CC5CCN(c6cccc(S(=O)(=O)N7CCC(Nc8ncc(C(F)(F)F)cn8)CC7)c6)CC5)CC4)c(F)cc3C2=O)C(=O)N1. The summed E-state index contributed by atoms with van der Waals surface area (Å²) in [5.41, 5.74) is 1.29.